The summed E-state index contributed by atoms with van der Waals surface area (Å²) in [5, 5.41) is 0. The molecule has 0 unspecified atom stereocenters. The molecule has 0 N–H and O–H groups in total. The van der Waals surface area contributed by atoms with Crippen molar-refractivity contribution in [2.45, 2.75) is 6.42 Å². The number of pyridine rings is 1. The maximum Gasteiger partial charge on any atom is 0.339 e. The monoisotopic (exact) mass is 227 g/mol. The minimum absolute atomic E-state index is 0.343. The van der Waals surface area contributed by atoms with E-state index in [-0.39, 0.29) is 5.97 Å². The lowest BCUT2D eigenvalue weighted by Crippen LogP contribution is -2.07. The molecule has 3 nitrogen and oxygen atoms in total. The Morgan fingerprint density at radius 3 is 2.65 bits per heavy atom. The van der Waals surface area contributed by atoms with Crippen molar-refractivity contribution in [3.63, 3.8) is 0 Å². The molecule has 0 atom stereocenters. The van der Waals surface area contributed by atoms with Gasteiger partial charge >= 0.3 is 5.97 Å². The normalized spacial score (nSPS) is 9.94. The average molecular weight is 227 g/mol. The quantitative estimate of drug-likeness (QED) is 0.756. The van der Waals surface area contributed by atoms with E-state index in [0.29, 0.717) is 12.0 Å². The maximum atomic E-state index is 11.6. The van der Waals surface area contributed by atoms with Crippen molar-refractivity contribution in [1.29, 1.82) is 0 Å². The lowest BCUT2D eigenvalue weighted by molar-refractivity contribution is 0.0599. The lowest BCUT2D eigenvalue weighted by atomic mass is 10.1. The first kappa shape index (κ1) is 11.3. The minimum Gasteiger partial charge on any atom is -0.465 e. The third-order valence-electron chi connectivity index (χ3n) is 2.51. The molecule has 1 aromatic heterocycles. The second kappa shape index (κ2) is 5.25. The van der Waals surface area contributed by atoms with Crippen LogP contribution in [0.4, 0.5) is 0 Å². The number of carbonyl (C=O) groups is 1. The van der Waals surface area contributed by atoms with Gasteiger partial charge in [0.25, 0.3) is 0 Å². The van der Waals surface area contributed by atoms with Crippen LogP contribution in [-0.2, 0) is 11.2 Å². The fourth-order valence-electron chi connectivity index (χ4n) is 1.66. The molecule has 0 spiro atoms. The zero-order valence-electron chi connectivity index (χ0n) is 9.59. The van der Waals surface area contributed by atoms with Crippen LogP contribution in [-0.4, -0.2) is 18.1 Å². The molecule has 86 valence electrons. The number of benzene rings is 1. The Morgan fingerprint density at radius 1 is 1.18 bits per heavy atom. The van der Waals surface area contributed by atoms with E-state index in [1.807, 2.05) is 30.3 Å². The maximum absolute atomic E-state index is 11.6. The van der Waals surface area contributed by atoms with Crippen LogP contribution >= 0.6 is 0 Å². The molecular formula is C14H13NO2. The number of hydrogen-bond donors (Lipinski definition) is 0. The number of esters is 1. The van der Waals surface area contributed by atoms with Gasteiger partial charge in [0.05, 0.1) is 18.4 Å². The molecule has 2 rings (SSSR count). The molecule has 0 saturated carbocycles. The van der Waals surface area contributed by atoms with Crippen LogP contribution in [0.25, 0.3) is 0 Å². The van der Waals surface area contributed by atoms with Crippen LogP contribution in [0.1, 0.15) is 21.6 Å². The number of carbonyl (C=O) groups excluding carboxylic acids is 1. The zero-order chi connectivity index (χ0) is 12.1. The van der Waals surface area contributed by atoms with Gasteiger partial charge in [-0.2, -0.15) is 0 Å². The first-order valence-electron chi connectivity index (χ1n) is 5.37. The molecule has 2 aromatic rings. The average Bonchev–Trinajstić information content (AvgIpc) is 2.40. The van der Waals surface area contributed by atoms with Crippen molar-refractivity contribution in [1.82, 2.24) is 4.98 Å². The number of nitrogens with zero attached hydrogens (tertiary/aromatic N) is 1. The van der Waals surface area contributed by atoms with Crippen molar-refractivity contribution in [2.24, 2.45) is 0 Å². The van der Waals surface area contributed by atoms with Gasteiger partial charge in [0, 0.05) is 12.6 Å². The van der Waals surface area contributed by atoms with Gasteiger partial charge in [-0.1, -0.05) is 30.3 Å². The zero-order valence-corrected chi connectivity index (χ0v) is 9.59. The third-order valence-corrected chi connectivity index (χ3v) is 2.51. The number of hydrogen-bond acceptors (Lipinski definition) is 3. The highest BCUT2D eigenvalue weighted by Gasteiger charge is 2.12. The summed E-state index contributed by atoms with van der Waals surface area (Å²) in [6, 6.07) is 13.4. The summed E-state index contributed by atoms with van der Waals surface area (Å²) in [4.78, 5) is 15.8. The number of aromatic nitrogens is 1. The summed E-state index contributed by atoms with van der Waals surface area (Å²) >= 11 is 0. The predicted molar refractivity (Wildman–Crippen MR) is 64.8 cm³/mol. The van der Waals surface area contributed by atoms with Crippen LogP contribution in [0.2, 0.25) is 0 Å². The number of rotatable bonds is 3. The molecule has 0 aliphatic carbocycles. The molecule has 0 fully saturated rings. The highest BCUT2D eigenvalue weighted by atomic mass is 16.5. The summed E-state index contributed by atoms with van der Waals surface area (Å²) in [6.45, 7) is 0. The van der Waals surface area contributed by atoms with Crippen molar-refractivity contribution in [3.8, 4) is 0 Å². The molecule has 0 saturated heterocycles. The molecule has 0 radical (unpaired) electrons. The fourth-order valence-corrected chi connectivity index (χ4v) is 1.66. The van der Waals surface area contributed by atoms with Gasteiger partial charge in [0.15, 0.2) is 0 Å². The predicted octanol–water partition coefficient (Wildman–Crippen LogP) is 2.46. The van der Waals surface area contributed by atoms with Gasteiger partial charge in [-0.15, -0.1) is 0 Å². The topological polar surface area (TPSA) is 39.2 Å². The van der Waals surface area contributed by atoms with Crippen molar-refractivity contribution in [3.05, 3.63) is 65.5 Å². The van der Waals surface area contributed by atoms with Gasteiger partial charge in [-0.25, -0.2) is 4.79 Å². The summed E-state index contributed by atoms with van der Waals surface area (Å²) in [6.07, 6.45) is 2.32. The molecule has 0 amide bonds. The summed E-state index contributed by atoms with van der Waals surface area (Å²) in [5.74, 6) is -0.343. The fraction of sp³-hybridized carbons (Fsp3) is 0.143. The Balaban J connectivity index is 2.30. The Hall–Kier alpha value is -2.16. The van der Waals surface area contributed by atoms with Gasteiger partial charge in [-0.3, -0.25) is 4.98 Å². The Morgan fingerprint density at radius 2 is 1.94 bits per heavy atom. The van der Waals surface area contributed by atoms with Crippen LogP contribution in [0.15, 0.2) is 48.7 Å². The molecule has 0 aliphatic heterocycles. The van der Waals surface area contributed by atoms with E-state index in [0.717, 1.165) is 11.3 Å². The molecular weight excluding hydrogens is 214 g/mol. The van der Waals surface area contributed by atoms with E-state index >= 15 is 0 Å². The summed E-state index contributed by atoms with van der Waals surface area (Å²) in [5.41, 5.74) is 2.39. The van der Waals surface area contributed by atoms with Crippen molar-refractivity contribution in [2.75, 3.05) is 7.11 Å². The lowest BCUT2D eigenvalue weighted by Gasteiger charge is -2.06. The molecule has 0 bridgehead atoms. The largest absolute Gasteiger partial charge is 0.465 e. The van der Waals surface area contributed by atoms with E-state index in [1.54, 1.807) is 18.3 Å². The van der Waals surface area contributed by atoms with E-state index in [9.17, 15) is 4.79 Å². The Labute approximate surface area is 100 Å². The highest BCUT2D eigenvalue weighted by molar-refractivity contribution is 5.90. The second-order valence-electron chi connectivity index (χ2n) is 3.65. The van der Waals surface area contributed by atoms with E-state index in [1.165, 1.54) is 7.11 Å². The van der Waals surface area contributed by atoms with Gasteiger partial charge in [0.2, 0.25) is 0 Å². The Bertz CT molecular complexity index is 509. The molecule has 1 heterocycles. The van der Waals surface area contributed by atoms with Crippen LogP contribution in [0, 0.1) is 0 Å². The van der Waals surface area contributed by atoms with Gasteiger partial charge < -0.3 is 4.74 Å². The smallest absolute Gasteiger partial charge is 0.339 e. The van der Waals surface area contributed by atoms with Crippen molar-refractivity contribution < 1.29 is 9.53 Å². The van der Waals surface area contributed by atoms with Crippen LogP contribution in [0.3, 0.4) is 0 Å². The van der Waals surface area contributed by atoms with E-state index in [4.69, 9.17) is 4.74 Å². The standard InChI is InChI=1S/C14H13NO2/c1-17-14(16)12-8-5-9-15-13(12)10-11-6-3-2-4-7-11/h2-9H,10H2,1H3. The highest BCUT2D eigenvalue weighted by Crippen LogP contribution is 2.12. The van der Waals surface area contributed by atoms with Gasteiger partial charge in [-0.05, 0) is 17.7 Å². The number of methoxy groups -OCH3 is 1. The molecule has 17 heavy (non-hydrogen) atoms. The summed E-state index contributed by atoms with van der Waals surface area (Å²) in [7, 11) is 1.38. The second-order valence-corrected chi connectivity index (χ2v) is 3.65. The SMILES string of the molecule is COC(=O)c1cccnc1Cc1ccccc1. The van der Waals surface area contributed by atoms with E-state index < -0.39 is 0 Å². The molecule has 0 aliphatic rings. The molecule has 3 heteroatoms. The minimum atomic E-state index is -0.343. The third kappa shape index (κ3) is 2.69. The van der Waals surface area contributed by atoms with E-state index in [2.05, 4.69) is 4.98 Å². The first-order chi connectivity index (χ1) is 8.31. The molecule has 1 aromatic carbocycles. The summed E-state index contributed by atoms with van der Waals surface area (Å²) < 4.78 is 4.74. The first-order valence-corrected chi connectivity index (χ1v) is 5.37. The van der Waals surface area contributed by atoms with Gasteiger partial charge in [0.1, 0.15) is 0 Å². The van der Waals surface area contributed by atoms with Crippen LogP contribution < -0.4 is 0 Å². The number of ether oxygens (including phenoxy) is 1. The van der Waals surface area contributed by atoms with Crippen molar-refractivity contribution >= 4 is 5.97 Å². The Kier molecular flexibility index (Phi) is 3.50. The van der Waals surface area contributed by atoms with Crippen LogP contribution in [0.5, 0.6) is 0 Å².